The van der Waals surface area contributed by atoms with Crippen LogP contribution in [0.25, 0.3) is 10.9 Å². The highest BCUT2D eigenvalue weighted by Crippen LogP contribution is 2.34. The van der Waals surface area contributed by atoms with Crippen molar-refractivity contribution in [2.45, 2.75) is 23.7 Å². The lowest BCUT2D eigenvalue weighted by Crippen LogP contribution is -2.37. The molecule has 132 valence electrons. The van der Waals surface area contributed by atoms with Gasteiger partial charge in [-0.3, -0.25) is 4.68 Å². The lowest BCUT2D eigenvalue weighted by atomic mass is 9.90. The van der Waals surface area contributed by atoms with Gasteiger partial charge in [-0.2, -0.15) is 9.40 Å². The van der Waals surface area contributed by atoms with Crippen LogP contribution in [0.3, 0.4) is 0 Å². The summed E-state index contributed by atoms with van der Waals surface area (Å²) < 4.78 is 41.7. The van der Waals surface area contributed by atoms with Crippen molar-refractivity contribution in [2.24, 2.45) is 7.05 Å². The van der Waals surface area contributed by atoms with E-state index >= 15 is 0 Å². The molecule has 1 saturated heterocycles. The zero-order valence-electron chi connectivity index (χ0n) is 13.8. The Hall–Kier alpha value is -2.19. The number of hydrogen-bond donors (Lipinski definition) is 1. The molecule has 1 aliphatic rings. The van der Waals surface area contributed by atoms with E-state index in [1.807, 2.05) is 6.20 Å². The van der Waals surface area contributed by atoms with Gasteiger partial charge in [-0.05, 0) is 42.5 Å². The highest BCUT2D eigenvalue weighted by Gasteiger charge is 2.31. The molecule has 0 bridgehead atoms. The van der Waals surface area contributed by atoms with Gasteiger partial charge in [0.1, 0.15) is 10.7 Å². The fraction of sp³-hybridized carbons (Fsp3) is 0.353. The highest BCUT2D eigenvalue weighted by atomic mass is 32.2. The SMILES string of the molecule is Cn1cc(S(=O)(=O)N2CCC(c3c[nH]c4cc(F)ccc34)CC2)cn1. The van der Waals surface area contributed by atoms with E-state index in [0.29, 0.717) is 13.1 Å². The van der Waals surface area contributed by atoms with Crippen LogP contribution in [0.5, 0.6) is 0 Å². The van der Waals surface area contributed by atoms with Crippen LogP contribution in [0.15, 0.2) is 41.7 Å². The fourth-order valence-corrected chi connectivity index (χ4v) is 5.00. The maximum absolute atomic E-state index is 13.3. The van der Waals surface area contributed by atoms with E-state index < -0.39 is 10.0 Å². The average Bonchev–Trinajstić information content (AvgIpc) is 3.21. The molecule has 3 heterocycles. The van der Waals surface area contributed by atoms with E-state index in [2.05, 4.69) is 10.1 Å². The van der Waals surface area contributed by atoms with Gasteiger partial charge in [0, 0.05) is 43.4 Å². The summed E-state index contributed by atoms with van der Waals surface area (Å²) in [5.74, 6) is -0.00200. The molecule has 6 nitrogen and oxygen atoms in total. The van der Waals surface area contributed by atoms with Crippen LogP contribution in [0.1, 0.15) is 24.3 Å². The van der Waals surface area contributed by atoms with Crippen molar-refractivity contribution in [2.75, 3.05) is 13.1 Å². The van der Waals surface area contributed by atoms with Crippen LogP contribution in [-0.4, -0.2) is 40.6 Å². The van der Waals surface area contributed by atoms with Crippen molar-refractivity contribution >= 4 is 20.9 Å². The molecule has 8 heteroatoms. The second kappa shape index (κ2) is 5.96. The quantitative estimate of drug-likeness (QED) is 0.779. The van der Waals surface area contributed by atoms with Crippen molar-refractivity contribution in [1.82, 2.24) is 19.1 Å². The van der Waals surface area contributed by atoms with E-state index in [-0.39, 0.29) is 16.6 Å². The topological polar surface area (TPSA) is 71.0 Å². The van der Waals surface area contributed by atoms with Crippen molar-refractivity contribution in [3.8, 4) is 0 Å². The van der Waals surface area contributed by atoms with Gasteiger partial charge in [0.25, 0.3) is 0 Å². The van der Waals surface area contributed by atoms with E-state index in [1.165, 1.54) is 33.5 Å². The van der Waals surface area contributed by atoms with Crippen LogP contribution < -0.4 is 0 Å². The molecule has 1 aromatic carbocycles. The Kier molecular flexibility index (Phi) is 3.88. The summed E-state index contributed by atoms with van der Waals surface area (Å²) in [4.78, 5) is 3.35. The smallest absolute Gasteiger partial charge is 0.246 e. The molecule has 0 aliphatic carbocycles. The molecule has 0 spiro atoms. The second-order valence-electron chi connectivity index (χ2n) is 6.46. The minimum absolute atomic E-state index is 0.232. The predicted molar refractivity (Wildman–Crippen MR) is 92.2 cm³/mol. The van der Waals surface area contributed by atoms with Gasteiger partial charge in [0.15, 0.2) is 0 Å². The largest absolute Gasteiger partial charge is 0.361 e. The van der Waals surface area contributed by atoms with Crippen LogP contribution >= 0.6 is 0 Å². The summed E-state index contributed by atoms with van der Waals surface area (Å²) in [6.45, 7) is 0.936. The maximum Gasteiger partial charge on any atom is 0.246 e. The first-order valence-corrected chi connectivity index (χ1v) is 9.64. The first-order valence-electron chi connectivity index (χ1n) is 8.20. The van der Waals surface area contributed by atoms with Gasteiger partial charge in [-0.25, -0.2) is 12.8 Å². The van der Waals surface area contributed by atoms with Gasteiger partial charge in [-0.1, -0.05) is 0 Å². The minimum Gasteiger partial charge on any atom is -0.361 e. The monoisotopic (exact) mass is 362 g/mol. The number of piperidine rings is 1. The molecule has 1 fully saturated rings. The third kappa shape index (κ3) is 2.85. The summed E-state index contributed by atoms with van der Waals surface area (Å²) in [7, 11) is -1.79. The van der Waals surface area contributed by atoms with Crippen molar-refractivity contribution in [3.05, 3.63) is 48.2 Å². The Morgan fingerprint density at radius 3 is 2.72 bits per heavy atom. The summed E-state index contributed by atoms with van der Waals surface area (Å²) in [6, 6.07) is 4.73. The van der Waals surface area contributed by atoms with E-state index in [4.69, 9.17) is 0 Å². The number of aromatic amines is 1. The molecular weight excluding hydrogens is 343 g/mol. The standard InChI is InChI=1S/C17H19FN4O2S/c1-21-11-14(9-20-21)25(23,24)22-6-4-12(5-7-22)16-10-19-17-8-13(18)2-3-15(16)17/h2-3,8-12,19H,4-7H2,1H3. The van der Waals surface area contributed by atoms with Crippen molar-refractivity contribution < 1.29 is 12.8 Å². The highest BCUT2D eigenvalue weighted by molar-refractivity contribution is 7.89. The number of H-pyrrole nitrogens is 1. The van der Waals surface area contributed by atoms with Crippen molar-refractivity contribution in [1.29, 1.82) is 0 Å². The number of halogens is 1. The Balaban J connectivity index is 1.53. The molecule has 0 unspecified atom stereocenters. The summed E-state index contributed by atoms with van der Waals surface area (Å²) in [6.07, 6.45) is 6.30. The first kappa shape index (κ1) is 16.3. The Labute approximate surface area is 145 Å². The number of nitrogens with one attached hydrogen (secondary N) is 1. The molecule has 2 aromatic heterocycles. The molecule has 4 rings (SSSR count). The number of fused-ring (bicyclic) bond motifs is 1. The third-order valence-electron chi connectivity index (χ3n) is 4.89. The van der Waals surface area contributed by atoms with Gasteiger partial charge < -0.3 is 4.98 Å². The average molecular weight is 362 g/mol. The molecule has 1 aliphatic heterocycles. The minimum atomic E-state index is -3.49. The number of rotatable bonds is 3. The number of sulfonamides is 1. The zero-order valence-corrected chi connectivity index (χ0v) is 14.6. The number of hydrogen-bond acceptors (Lipinski definition) is 3. The first-order chi connectivity index (χ1) is 11.9. The number of aryl methyl sites for hydroxylation is 1. The van der Waals surface area contributed by atoms with Gasteiger partial charge >= 0.3 is 0 Å². The Bertz CT molecular complexity index is 1020. The molecule has 0 amide bonds. The van der Waals surface area contributed by atoms with Gasteiger partial charge in [0.2, 0.25) is 10.0 Å². The van der Waals surface area contributed by atoms with Crippen LogP contribution in [-0.2, 0) is 17.1 Å². The van der Waals surface area contributed by atoms with Gasteiger partial charge in [0.05, 0.1) is 6.20 Å². The molecule has 0 radical (unpaired) electrons. The van der Waals surface area contributed by atoms with Crippen LogP contribution in [0, 0.1) is 5.82 Å². The Morgan fingerprint density at radius 1 is 1.28 bits per heavy atom. The predicted octanol–water partition coefficient (Wildman–Crippen LogP) is 2.61. The lowest BCUT2D eigenvalue weighted by Gasteiger charge is -2.30. The number of benzene rings is 1. The lowest BCUT2D eigenvalue weighted by molar-refractivity contribution is 0.320. The zero-order chi connectivity index (χ0) is 17.6. The van der Waals surface area contributed by atoms with Gasteiger partial charge in [-0.15, -0.1) is 0 Å². The molecule has 0 atom stereocenters. The summed E-state index contributed by atoms with van der Waals surface area (Å²) >= 11 is 0. The molecular formula is C17H19FN4O2S. The van der Waals surface area contributed by atoms with Crippen LogP contribution in [0.4, 0.5) is 4.39 Å². The Morgan fingerprint density at radius 2 is 2.04 bits per heavy atom. The maximum atomic E-state index is 13.3. The summed E-state index contributed by atoms with van der Waals surface area (Å²) in [5, 5.41) is 4.96. The molecule has 25 heavy (non-hydrogen) atoms. The van der Waals surface area contributed by atoms with E-state index in [9.17, 15) is 12.8 Å². The molecule has 3 aromatic rings. The van der Waals surface area contributed by atoms with E-state index in [1.54, 1.807) is 13.1 Å². The number of aromatic nitrogens is 3. The summed E-state index contributed by atoms with van der Waals surface area (Å²) in [5.41, 5.74) is 1.91. The molecule has 0 saturated carbocycles. The second-order valence-corrected chi connectivity index (χ2v) is 8.40. The normalized spacial score (nSPS) is 17.4. The fourth-order valence-electron chi connectivity index (χ4n) is 3.55. The van der Waals surface area contributed by atoms with E-state index in [0.717, 1.165) is 29.3 Å². The van der Waals surface area contributed by atoms with Crippen LogP contribution in [0.2, 0.25) is 0 Å². The number of nitrogens with zero attached hydrogens (tertiary/aromatic N) is 3. The van der Waals surface area contributed by atoms with Crippen molar-refractivity contribution in [3.63, 3.8) is 0 Å². The third-order valence-corrected chi connectivity index (χ3v) is 6.74. The molecule has 1 N–H and O–H groups in total.